The Bertz CT molecular complexity index is 696. The van der Waals surface area contributed by atoms with Crippen LogP contribution in [0.4, 0.5) is 0 Å². The highest BCUT2D eigenvalue weighted by atomic mass is 32.2. The van der Waals surface area contributed by atoms with Gasteiger partial charge in [-0.3, -0.25) is 4.79 Å². The van der Waals surface area contributed by atoms with E-state index in [0.29, 0.717) is 18.9 Å². The molecule has 25 heavy (non-hydrogen) atoms. The van der Waals surface area contributed by atoms with E-state index in [2.05, 4.69) is 24.4 Å². The molecule has 0 aliphatic carbocycles. The van der Waals surface area contributed by atoms with E-state index in [1.807, 2.05) is 24.3 Å². The molecule has 7 heteroatoms. The first kappa shape index (κ1) is 19.4. The average molecular weight is 366 g/mol. The normalized spacial score (nSPS) is 19.4. The molecule has 1 amide bonds. The van der Waals surface area contributed by atoms with Gasteiger partial charge in [0.2, 0.25) is 5.91 Å². The zero-order valence-electron chi connectivity index (χ0n) is 14.8. The summed E-state index contributed by atoms with van der Waals surface area (Å²) >= 11 is 0. The third-order valence-corrected chi connectivity index (χ3v) is 5.88. The van der Waals surface area contributed by atoms with Crippen molar-refractivity contribution >= 4 is 22.0 Å². The van der Waals surface area contributed by atoms with Crippen molar-refractivity contribution in [3.63, 3.8) is 0 Å². The molecule has 2 rings (SSSR count). The zero-order valence-corrected chi connectivity index (χ0v) is 15.6. The summed E-state index contributed by atoms with van der Waals surface area (Å²) in [6, 6.07) is 7.47. The van der Waals surface area contributed by atoms with Gasteiger partial charge in [-0.05, 0) is 54.5 Å². The van der Waals surface area contributed by atoms with Crippen LogP contribution < -0.4 is 10.2 Å². The summed E-state index contributed by atoms with van der Waals surface area (Å²) in [5.41, 5.74) is 3.30. The Hall–Kier alpha value is -1.89. The van der Waals surface area contributed by atoms with Crippen LogP contribution in [0, 0.1) is 11.8 Å². The summed E-state index contributed by atoms with van der Waals surface area (Å²) in [5, 5.41) is 3.92. The fraction of sp³-hybridized carbons (Fsp3) is 0.556. The predicted molar refractivity (Wildman–Crippen MR) is 98.5 cm³/mol. The Kier molecular flexibility index (Phi) is 6.99. The van der Waals surface area contributed by atoms with Crippen LogP contribution in [0.25, 0.3) is 0 Å². The van der Waals surface area contributed by atoms with Gasteiger partial charge in [0.05, 0.1) is 24.3 Å². The fourth-order valence-corrected chi connectivity index (χ4v) is 4.44. The number of nitrogens with one attached hydrogen (secondary N) is 1. The maximum Gasteiger partial charge on any atom is 0.240 e. The highest BCUT2D eigenvalue weighted by Crippen LogP contribution is 2.21. The lowest BCUT2D eigenvalue weighted by molar-refractivity contribution is -0.121. The average Bonchev–Trinajstić information content (AvgIpc) is 2.87. The molecule has 0 aromatic heterocycles. The number of carbonyl (C=O) groups excluding carboxylic acids is 1. The van der Waals surface area contributed by atoms with Gasteiger partial charge in [0.1, 0.15) is 5.75 Å². The van der Waals surface area contributed by atoms with Gasteiger partial charge in [0.15, 0.2) is 9.84 Å². The molecule has 1 atom stereocenters. The molecule has 0 unspecified atom stereocenters. The molecule has 0 spiro atoms. The third-order valence-electron chi connectivity index (χ3n) is 4.05. The Labute approximate surface area is 149 Å². The molecule has 138 valence electrons. The molecule has 1 heterocycles. The van der Waals surface area contributed by atoms with E-state index in [0.717, 1.165) is 17.7 Å². The molecule has 0 radical (unpaired) electrons. The standard InChI is InChI=1S/C18H26N2O4S/c1-14(2)7-9-24-17-5-3-15(4-6-17)12-19-20-18(21)11-16-8-10-25(22,23)13-16/h3-6,12,14,16H,7-11,13H2,1-2H3,(H,20,21)/b19-12-/t16-/m1/s1. The van der Waals surface area contributed by atoms with E-state index in [1.165, 1.54) is 0 Å². The van der Waals surface area contributed by atoms with Gasteiger partial charge in [-0.15, -0.1) is 0 Å². The Morgan fingerprint density at radius 3 is 2.68 bits per heavy atom. The zero-order chi connectivity index (χ0) is 18.3. The first-order chi connectivity index (χ1) is 11.8. The molecule has 6 nitrogen and oxygen atoms in total. The highest BCUT2D eigenvalue weighted by Gasteiger charge is 2.29. The van der Waals surface area contributed by atoms with Gasteiger partial charge in [-0.25, -0.2) is 13.8 Å². The van der Waals surface area contributed by atoms with Crippen LogP contribution in [-0.2, 0) is 14.6 Å². The van der Waals surface area contributed by atoms with Crippen molar-refractivity contribution in [1.29, 1.82) is 0 Å². The lowest BCUT2D eigenvalue weighted by Crippen LogP contribution is -2.21. The van der Waals surface area contributed by atoms with Crippen LogP contribution >= 0.6 is 0 Å². The number of amides is 1. The number of hydrogen-bond acceptors (Lipinski definition) is 5. The lowest BCUT2D eigenvalue weighted by atomic mass is 10.1. The number of rotatable bonds is 8. The van der Waals surface area contributed by atoms with Crippen molar-refractivity contribution in [2.75, 3.05) is 18.1 Å². The molecule has 1 aliphatic rings. The molecule has 1 saturated heterocycles. The quantitative estimate of drug-likeness (QED) is 0.565. The van der Waals surface area contributed by atoms with Gasteiger partial charge < -0.3 is 4.74 Å². The van der Waals surface area contributed by atoms with Crippen molar-refractivity contribution in [2.45, 2.75) is 33.1 Å². The third kappa shape index (κ3) is 7.25. The predicted octanol–water partition coefficient (Wildman–Crippen LogP) is 2.39. The number of ether oxygens (including phenoxy) is 1. The molecule has 1 aromatic rings. The maximum absolute atomic E-state index is 11.8. The molecular weight excluding hydrogens is 340 g/mol. The van der Waals surface area contributed by atoms with Crippen molar-refractivity contribution in [3.8, 4) is 5.75 Å². The summed E-state index contributed by atoms with van der Waals surface area (Å²) in [7, 11) is -2.95. The van der Waals surface area contributed by atoms with Crippen LogP contribution in [0.1, 0.15) is 38.7 Å². The molecule has 1 fully saturated rings. The maximum atomic E-state index is 11.8. The summed E-state index contributed by atoms with van der Waals surface area (Å²) < 4.78 is 28.4. The second-order valence-electron chi connectivity index (χ2n) is 6.87. The van der Waals surface area contributed by atoms with Crippen molar-refractivity contribution in [2.24, 2.45) is 16.9 Å². The lowest BCUT2D eigenvalue weighted by Gasteiger charge is -2.08. The van der Waals surface area contributed by atoms with E-state index in [9.17, 15) is 13.2 Å². The molecule has 1 N–H and O–H groups in total. The van der Waals surface area contributed by atoms with Crippen molar-refractivity contribution in [1.82, 2.24) is 5.43 Å². The summed E-state index contributed by atoms with van der Waals surface area (Å²) in [6.07, 6.45) is 3.32. The van der Waals surface area contributed by atoms with Crippen LogP contribution in [0.2, 0.25) is 0 Å². The van der Waals surface area contributed by atoms with E-state index >= 15 is 0 Å². The molecule has 0 saturated carbocycles. The first-order valence-corrected chi connectivity index (χ1v) is 10.4. The number of hydrogen-bond donors (Lipinski definition) is 1. The van der Waals surface area contributed by atoms with Gasteiger partial charge in [-0.2, -0.15) is 5.10 Å². The molecule has 1 aliphatic heterocycles. The topological polar surface area (TPSA) is 84.8 Å². The number of carbonyl (C=O) groups is 1. The van der Waals surface area contributed by atoms with Crippen LogP contribution in [0.3, 0.4) is 0 Å². The van der Waals surface area contributed by atoms with Gasteiger partial charge in [0.25, 0.3) is 0 Å². The number of benzene rings is 1. The summed E-state index contributed by atoms with van der Waals surface area (Å²) in [4.78, 5) is 11.8. The van der Waals surface area contributed by atoms with Crippen LogP contribution in [-0.4, -0.2) is 38.7 Å². The number of hydrazone groups is 1. The second-order valence-corrected chi connectivity index (χ2v) is 9.10. The first-order valence-electron chi connectivity index (χ1n) is 8.59. The van der Waals surface area contributed by atoms with Gasteiger partial charge in [0, 0.05) is 6.42 Å². The van der Waals surface area contributed by atoms with E-state index in [-0.39, 0.29) is 29.8 Å². The summed E-state index contributed by atoms with van der Waals surface area (Å²) in [5.74, 6) is 1.35. The Morgan fingerprint density at radius 1 is 1.36 bits per heavy atom. The number of nitrogens with zero attached hydrogens (tertiary/aromatic N) is 1. The van der Waals surface area contributed by atoms with E-state index < -0.39 is 9.84 Å². The minimum Gasteiger partial charge on any atom is -0.494 e. The largest absolute Gasteiger partial charge is 0.494 e. The van der Waals surface area contributed by atoms with E-state index in [4.69, 9.17) is 4.74 Å². The molecule has 0 bridgehead atoms. The minimum atomic E-state index is -2.95. The Morgan fingerprint density at radius 2 is 2.08 bits per heavy atom. The smallest absolute Gasteiger partial charge is 0.240 e. The second kappa shape index (κ2) is 8.99. The monoisotopic (exact) mass is 366 g/mol. The van der Waals surface area contributed by atoms with Gasteiger partial charge >= 0.3 is 0 Å². The number of sulfone groups is 1. The van der Waals surface area contributed by atoms with Gasteiger partial charge in [-0.1, -0.05) is 13.8 Å². The molecular formula is C18H26N2O4S. The highest BCUT2D eigenvalue weighted by molar-refractivity contribution is 7.91. The summed E-state index contributed by atoms with van der Waals surface area (Å²) in [6.45, 7) is 5.00. The van der Waals surface area contributed by atoms with Crippen LogP contribution in [0.5, 0.6) is 5.75 Å². The fourth-order valence-electron chi connectivity index (χ4n) is 2.58. The van der Waals surface area contributed by atoms with Crippen LogP contribution in [0.15, 0.2) is 29.4 Å². The SMILES string of the molecule is CC(C)CCOc1ccc(/C=N\NC(=O)C[C@H]2CCS(=O)(=O)C2)cc1. The Balaban J connectivity index is 1.73. The van der Waals surface area contributed by atoms with Crippen molar-refractivity contribution in [3.05, 3.63) is 29.8 Å². The van der Waals surface area contributed by atoms with E-state index in [1.54, 1.807) is 6.21 Å². The van der Waals surface area contributed by atoms with Crippen molar-refractivity contribution < 1.29 is 17.9 Å². The minimum absolute atomic E-state index is 0.0949. The molecule has 1 aromatic carbocycles.